The fourth-order valence-electron chi connectivity index (χ4n) is 3.53. The van der Waals surface area contributed by atoms with Crippen molar-refractivity contribution >= 4 is 11.8 Å². The lowest BCUT2D eigenvalue weighted by Crippen LogP contribution is -2.49. The van der Waals surface area contributed by atoms with E-state index in [-0.39, 0.29) is 23.8 Å². The van der Waals surface area contributed by atoms with Crippen LogP contribution in [0.1, 0.15) is 42.1 Å². The molecular formula is C22H27N3O4. The zero-order valence-electron chi connectivity index (χ0n) is 16.5. The van der Waals surface area contributed by atoms with Crippen molar-refractivity contribution in [3.63, 3.8) is 0 Å². The third-order valence-electron chi connectivity index (χ3n) is 5.10. The maximum atomic E-state index is 12.5. The zero-order valence-corrected chi connectivity index (χ0v) is 16.5. The molecule has 3 rings (SSSR count). The van der Waals surface area contributed by atoms with E-state index < -0.39 is 6.10 Å². The lowest BCUT2D eigenvalue weighted by molar-refractivity contribution is -0.127. The molecule has 0 radical (unpaired) electrons. The van der Waals surface area contributed by atoms with Gasteiger partial charge in [-0.1, -0.05) is 12.1 Å². The summed E-state index contributed by atoms with van der Waals surface area (Å²) in [5, 5.41) is 16.3. The first kappa shape index (κ1) is 20.8. The van der Waals surface area contributed by atoms with Crippen LogP contribution in [0.3, 0.4) is 0 Å². The monoisotopic (exact) mass is 397 g/mol. The fourth-order valence-corrected chi connectivity index (χ4v) is 3.53. The molecule has 7 nitrogen and oxygen atoms in total. The molecule has 1 heterocycles. The van der Waals surface area contributed by atoms with Crippen LogP contribution in [0.5, 0.6) is 5.75 Å². The van der Waals surface area contributed by atoms with Crippen molar-refractivity contribution in [2.45, 2.75) is 44.9 Å². The largest absolute Gasteiger partial charge is 0.494 e. The molecule has 2 amide bonds. The first-order chi connectivity index (χ1) is 14.1. The molecule has 1 aliphatic carbocycles. The van der Waals surface area contributed by atoms with Gasteiger partial charge in [-0.05, 0) is 56.0 Å². The van der Waals surface area contributed by atoms with Crippen molar-refractivity contribution in [2.75, 3.05) is 6.61 Å². The summed E-state index contributed by atoms with van der Waals surface area (Å²) in [6.45, 7) is 2.82. The van der Waals surface area contributed by atoms with Crippen molar-refractivity contribution in [2.24, 2.45) is 5.92 Å². The normalized spacial score (nSPS) is 21.2. The summed E-state index contributed by atoms with van der Waals surface area (Å²) in [7, 11) is 0. The maximum absolute atomic E-state index is 12.5. The summed E-state index contributed by atoms with van der Waals surface area (Å²) < 4.78 is 5.43. The number of hydrogen-bond donors (Lipinski definition) is 3. The van der Waals surface area contributed by atoms with E-state index in [9.17, 15) is 14.7 Å². The molecule has 3 atom stereocenters. The SMILES string of the molecule is CCOc1cccc(C(=O)N[C@@H]2CC[C@H](C(=O)NCc3cccnc3)C[C@H]2O)c1. The number of carbonyl (C=O) groups excluding carboxylic acids is 2. The highest BCUT2D eigenvalue weighted by Crippen LogP contribution is 2.25. The van der Waals surface area contributed by atoms with Crippen LogP contribution in [0.4, 0.5) is 0 Å². The Hall–Kier alpha value is -2.93. The maximum Gasteiger partial charge on any atom is 0.251 e. The Kier molecular flexibility index (Phi) is 7.19. The summed E-state index contributed by atoms with van der Waals surface area (Å²) in [4.78, 5) is 29.0. The van der Waals surface area contributed by atoms with Gasteiger partial charge in [0.25, 0.3) is 5.91 Å². The Labute approximate surface area is 170 Å². The van der Waals surface area contributed by atoms with Crippen LogP contribution >= 0.6 is 0 Å². The quantitative estimate of drug-likeness (QED) is 0.664. The second kappa shape index (κ2) is 10.0. The van der Waals surface area contributed by atoms with Crippen molar-refractivity contribution < 1.29 is 19.4 Å². The summed E-state index contributed by atoms with van der Waals surface area (Å²) in [5.41, 5.74) is 1.41. The van der Waals surface area contributed by atoms with E-state index in [1.807, 2.05) is 19.1 Å². The summed E-state index contributed by atoms with van der Waals surface area (Å²) in [6, 6.07) is 10.3. The lowest BCUT2D eigenvalue weighted by Gasteiger charge is -2.33. The molecule has 7 heteroatoms. The van der Waals surface area contributed by atoms with Gasteiger partial charge in [-0.25, -0.2) is 0 Å². The number of aliphatic hydroxyl groups is 1. The van der Waals surface area contributed by atoms with E-state index in [1.54, 1.807) is 36.7 Å². The average molecular weight is 397 g/mol. The Morgan fingerprint density at radius 2 is 2.10 bits per heavy atom. The van der Waals surface area contributed by atoms with Gasteiger partial charge in [0.1, 0.15) is 5.75 Å². The van der Waals surface area contributed by atoms with Crippen LogP contribution in [0.2, 0.25) is 0 Å². The van der Waals surface area contributed by atoms with Crippen LogP contribution in [0.15, 0.2) is 48.8 Å². The third-order valence-corrected chi connectivity index (χ3v) is 5.10. The topological polar surface area (TPSA) is 101 Å². The van der Waals surface area contributed by atoms with E-state index in [1.165, 1.54) is 0 Å². The molecule has 154 valence electrons. The predicted octanol–water partition coefficient (Wildman–Crippen LogP) is 2.06. The predicted molar refractivity (Wildman–Crippen MR) is 108 cm³/mol. The number of pyridine rings is 1. The van der Waals surface area contributed by atoms with Crippen LogP contribution < -0.4 is 15.4 Å². The number of ether oxygens (including phenoxy) is 1. The minimum atomic E-state index is -0.767. The van der Waals surface area contributed by atoms with Gasteiger partial charge in [0.2, 0.25) is 5.91 Å². The molecule has 29 heavy (non-hydrogen) atoms. The minimum absolute atomic E-state index is 0.0814. The second-order valence-corrected chi connectivity index (χ2v) is 7.20. The highest BCUT2D eigenvalue weighted by atomic mass is 16.5. The number of aliphatic hydroxyl groups excluding tert-OH is 1. The first-order valence-corrected chi connectivity index (χ1v) is 9.95. The number of hydrogen-bond acceptors (Lipinski definition) is 5. The molecule has 0 bridgehead atoms. The van der Waals surface area contributed by atoms with E-state index in [0.717, 1.165) is 5.56 Å². The van der Waals surface area contributed by atoms with Crippen LogP contribution in [-0.4, -0.2) is 40.7 Å². The van der Waals surface area contributed by atoms with Gasteiger partial charge in [0, 0.05) is 30.4 Å². The smallest absolute Gasteiger partial charge is 0.251 e. The molecule has 0 unspecified atom stereocenters. The van der Waals surface area contributed by atoms with Crippen molar-refractivity contribution in [1.82, 2.24) is 15.6 Å². The molecule has 1 fully saturated rings. The molecule has 3 N–H and O–H groups in total. The number of nitrogens with one attached hydrogen (secondary N) is 2. The van der Waals surface area contributed by atoms with Crippen molar-refractivity contribution in [3.05, 3.63) is 59.9 Å². The third kappa shape index (κ3) is 5.77. The number of carbonyl (C=O) groups is 2. The van der Waals surface area contributed by atoms with E-state index in [0.29, 0.717) is 43.7 Å². The van der Waals surface area contributed by atoms with Gasteiger partial charge >= 0.3 is 0 Å². The molecule has 0 aliphatic heterocycles. The molecule has 2 aromatic rings. The molecule has 1 saturated carbocycles. The first-order valence-electron chi connectivity index (χ1n) is 9.95. The van der Waals surface area contributed by atoms with Crippen LogP contribution in [-0.2, 0) is 11.3 Å². The Bertz CT molecular complexity index is 828. The number of nitrogens with zero attached hydrogens (tertiary/aromatic N) is 1. The zero-order chi connectivity index (χ0) is 20.6. The molecular weight excluding hydrogens is 370 g/mol. The molecule has 0 spiro atoms. The minimum Gasteiger partial charge on any atom is -0.494 e. The van der Waals surface area contributed by atoms with Crippen molar-refractivity contribution in [3.8, 4) is 5.75 Å². The van der Waals surface area contributed by atoms with E-state index in [4.69, 9.17) is 4.74 Å². The van der Waals surface area contributed by atoms with Crippen LogP contribution in [0.25, 0.3) is 0 Å². The standard InChI is InChI=1S/C22H27N3O4/c1-2-29-18-7-3-6-16(11-18)22(28)25-19-9-8-17(12-20(19)26)21(27)24-14-15-5-4-10-23-13-15/h3-7,10-11,13,17,19-20,26H,2,8-9,12,14H2,1H3,(H,24,27)(H,25,28)/t17-,19+,20+/m0/s1. The molecule has 1 aromatic carbocycles. The summed E-state index contributed by atoms with van der Waals surface area (Å²) in [6.07, 6.45) is 4.11. The number of aromatic nitrogens is 1. The lowest BCUT2D eigenvalue weighted by atomic mass is 9.83. The van der Waals surface area contributed by atoms with Crippen LogP contribution in [0, 0.1) is 5.92 Å². The van der Waals surface area contributed by atoms with Gasteiger partial charge < -0.3 is 20.5 Å². The Morgan fingerprint density at radius 3 is 2.83 bits per heavy atom. The van der Waals surface area contributed by atoms with Crippen molar-refractivity contribution in [1.29, 1.82) is 0 Å². The van der Waals surface area contributed by atoms with E-state index >= 15 is 0 Å². The summed E-state index contributed by atoms with van der Waals surface area (Å²) in [5.74, 6) is 0.0305. The Morgan fingerprint density at radius 1 is 1.24 bits per heavy atom. The van der Waals surface area contributed by atoms with Gasteiger partial charge in [-0.15, -0.1) is 0 Å². The van der Waals surface area contributed by atoms with E-state index in [2.05, 4.69) is 15.6 Å². The Balaban J connectivity index is 1.50. The van der Waals surface area contributed by atoms with Gasteiger partial charge in [0.05, 0.1) is 18.8 Å². The average Bonchev–Trinajstić information content (AvgIpc) is 2.74. The summed E-state index contributed by atoms with van der Waals surface area (Å²) >= 11 is 0. The molecule has 1 aromatic heterocycles. The number of amides is 2. The highest BCUT2D eigenvalue weighted by Gasteiger charge is 2.33. The molecule has 0 saturated heterocycles. The fraction of sp³-hybridized carbons (Fsp3) is 0.409. The van der Waals surface area contributed by atoms with Gasteiger partial charge in [0.15, 0.2) is 0 Å². The highest BCUT2D eigenvalue weighted by molar-refractivity contribution is 5.94. The van der Waals surface area contributed by atoms with Gasteiger partial charge in [-0.3, -0.25) is 14.6 Å². The number of benzene rings is 1. The number of rotatable bonds is 7. The van der Waals surface area contributed by atoms with Gasteiger partial charge in [-0.2, -0.15) is 0 Å². The molecule has 1 aliphatic rings. The second-order valence-electron chi connectivity index (χ2n) is 7.20.